The third kappa shape index (κ3) is 8.09. The third-order valence-electron chi connectivity index (χ3n) is 9.14. The molecule has 0 spiro atoms. The van der Waals surface area contributed by atoms with E-state index in [-0.39, 0.29) is 6.10 Å². The number of carbonyl (C=O) groups is 1. The molecule has 0 N–H and O–H groups in total. The Bertz CT molecular complexity index is 1320. The van der Waals surface area contributed by atoms with Crippen molar-refractivity contribution in [2.75, 3.05) is 33.9 Å². The van der Waals surface area contributed by atoms with E-state index in [1.807, 2.05) is 31.4 Å². The normalized spacial score (nSPS) is 16.1. The predicted octanol–water partition coefficient (Wildman–Crippen LogP) is 6.83. The van der Waals surface area contributed by atoms with Crippen LogP contribution in [0.15, 0.2) is 84.9 Å². The first-order valence-corrected chi connectivity index (χ1v) is 15.7. The van der Waals surface area contributed by atoms with E-state index in [4.69, 9.17) is 14.2 Å². The fourth-order valence-electron chi connectivity index (χ4n) is 6.57. The van der Waals surface area contributed by atoms with Crippen molar-refractivity contribution in [2.24, 2.45) is 5.92 Å². The number of hydrogen-bond acceptors (Lipinski definition) is 8. The molecular weight excluding hydrogens is 572 g/mol. The summed E-state index contributed by atoms with van der Waals surface area (Å²) in [4.78, 5) is 30.1. The molecule has 242 valence electrons. The summed E-state index contributed by atoms with van der Waals surface area (Å²) in [7, 11) is 3.56. The predicted molar refractivity (Wildman–Crippen MR) is 172 cm³/mol. The van der Waals surface area contributed by atoms with Gasteiger partial charge in [-0.15, -0.1) is 10.1 Å². The highest BCUT2D eigenvalue weighted by Gasteiger charge is 2.43. The van der Waals surface area contributed by atoms with Gasteiger partial charge in [-0.05, 0) is 94.3 Å². The van der Waals surface area contributed by atoms with Crippen LogP contribution in [0, 0.1) is 16.0 Å². The molecule has 4 rings (SSSR count). The average molecular weight is 619 g/mol. The molecule has 2 atom stereocenters. The second-order valence-corrected chi connectivity index (χ2v) is 12.2. The smallest absolute Gasteiger partial charge is 0.318 e. The summed E-state index contributed by atoms with van der Waals surface area (Å²) in [6, 6.07) is 28.9. The van der Waals surface area contributed by atoms with Crippen molar-refractivity contribution < 1.29 is 28.9 Å². The van der Waals surface area contributed by atoms with Gasteiger partial charge in [-0.2, -0.15) is 0 Å². The number of hydrogen-bond donors (Lipinski definition) is 0. The molecule has 1 heterocycles. The van der Waals surface area contributed by atoms with Crippen molar-refractivity contribution in [3.8, 4) is 0 Å². The van der Waals surface area contributed by atoms with Gasteiger partial charge in [0.2, 0.25) is 6.29 Å². The summed E-state index contributed by atoms with van der Waals surface area (Å²) in [6.45, 7) is 7.77. The topological polar surface area (TPSA) is 100 Å². The maximum atomic E-state index is 12.7. The fraction of sp³-hybridized carbons (Fsp3) is 0.472. The Morgan fingerprint density at radius 1 is 0.911 bits per heavy atom. The van der Waals surface area contributed by atoms with Gasteiger partial charge in [-0.25, -0.2) is 0 Å². The average Bonchev–Trinajstić information content (AvgIpc) is 3.05. The van der Waals surface area contributed by atoms with Crippen molar-refractivity contribution in [3.63, 3.8) is 0 Å². The van der Waals surface area contributed by atoms with Gasteiger partial charge in [0.15, 0.2) is 0 Å². The van der Waals surface area contributed by atoms with Crippen LogP contribution in [-0.2, 0) is 34.9 Å². The summed E-state index contributed by atoms with van der Waals surface area (Å²) in [5.41, 5.74) is 2.68. The van der Waals surface area contributed by atoms with E-state index >= 15 is 0 Å². The monoisotopic (exact) mass is 618 g/mol. The Morgan fingerprint density at radius 2 is 1.47 bits per heavy atom. The lowest BCUT2D eigenvalue weighted by Crippen LogP contribution is -2.45. The van der Waals surface area contributed by atoms with Crippen LogP contribution < -0.4 is 0 Å². The van der Waals surface area contributed by atoms with Gasteiger partial charge in [-0.3, -0.25) is 9.63 Å². The minimum Gasteiger partial charge on any atom is -0.435 e. The molecule has 2 unspecified atom stereocenters. The van der Waals surface area contributed by atoms with Gasteiger partial charge < -0.3 is 19.1 Å². The van der Waals surface area contributed by atoms with Crippen LogP contribution in [0.2, 0.25) is 0 Å². The number of rotatable bonds is 15. The standard InChI is InChI=1S/C36H46N2O7/c1-27(45-38(40)41)44-34(39)35(2,3)29-20-18-28(19-21-29)33(42-4)17-12-24-37-25-22-32(23-26-37)36(43-5,30-13-8-6-9-14-30)31-15-10-7-11-16-31/h6-11,13-16,18-21,27,32-33H,12,17,22-26H2,1-5H3. The zero-order valence-corrected chi connectivity index (χ0v) is 27.0. The van der Waals surface area contributed by atoms with E-state index in [1.165, 1.54) is 18.1 Å². The summed E-state index contributed by atoms with van der Waals surface area (Å²) in [5, 5.41) is 9.56. The number of benzene rings is 3. The number of ether oxygens (including phenoxy) is 3. The van der Waals surface area contributed by atoms with Crippen molar-refractivity contribution in [2.45, 2.75) is 69.9 Å². The van der Waals surface area contributed by atoms with Gasteiger partial charge in [0.25, 0.3) is 5.09 Å². The summed E-state index contributed by atoms with van der Waals surface area (Å²) in [5.74, 6) is -0.244. The van der Waals surface area contributed by atoms with E-state index in [0.717, 1.165) is 56.4 Å². The van der Waals surface area contributed by atoms with Crippen molar-refractivity contribution in [1.29, 1.82) is 0 Å². The number of piperidine rings is 1. The minimum atomic E-state index is -1.29. The van der Waals surface area contributed by atoms with E-state index < -0.39 is 28.4 Å². The van der Waals surface area contributed by atoms with Crippen LogP contribution in [0.25, 0.3) is 0 Å². The first-order chi connectivity index (χ1) is 21.6. The Balaban J connectivity index is 1.32. The zero-order valence-electron chi connectivity index (χ0n) is 27.0. The quantitative estimate of drug-likeness (QED) is 0.0791. The number of methoxy groups -OCH3 is 2. The molecule has 0 amide bonds. The lowest BCUT2D eigenvalue weighted by atomic mass is 9.71. The molecule has 0 aromatic heterocycles. The highest BCUT2D eigenvalue weighted by Crippen LogP contribution is 2.44. The summed E-state index contributed by atoms with van der Waals surface area (Å²) >= 11 is 0. The maximum absolute atomic E-state index is 12.7. The largest absolute Gasteiger partial charge is 0.435 e. The zero-order chi connectivity index (χ0) is 32.5. The molecule has 0 bridgehead atoms. The van der Waals surface area contributed by atoms with Crippen LogP contribution in [-0.4, -0.2) is 56.1 Å². The Hall–Kier alpha value is -3.79. The first kappa shape index (κ1) is 34.1. The maximum Gasteiger partial charge on any atom is 0.318 e. The minimum absolute atomic E-state index is 0.0718. The van der Waals surface area contributed by atoms with Crippen LogP contribution in [0.1, 0.15) is 74.8 Å². The van der Waals surface area contributed by atoms with E-state index in [1.54, 1.807) is 21.0 Å². The van der Waals surface area contributed by atoms with Gasteiger partial charge in [-0.1, -0.05) is 84.9 Å². The van der Waals surface area contributed by atoms with Crippen LogP contribution in [0.5, 0.6) is 0 Å². The van der Waals surface area contributed by atoms with Crippen molar-refractivity contribution >= 4 is 5.97 Å². The van der Waals surface area contributed by atoms with Gasteiger partial charge in [0.1, 0.15) is 5.60 Å². The molecule has 1 aliphatic rings. The molecule has 45 heavy (non-hydrogen) atoms. The highest BCUT2D eigenvalue weighted by molar-refractivity contribution is 5.82. The first-order valence-electron chi connectivity index (χ1n) is 15.7. The van der Waals surface area contributed by atoms with Gasteiger partial charge >= 0.3 is 5.97 Å². The fourth-order valence-corrected chi connectivity index (χ4v) is 6.57. The molecule has 3 aromatic rings. The molecule has 1 saturated heterocycles. The second-order valence-electron chi connectivity index (χ2n) is 12.2. The van der Waals surface area contributed by atoms with Crippen LogP contribution >= 0.6 is 0 Å². The number of likely N-dealkylation sites (tertiary alicyclic amines) is 1. The summed E-state index contributed by atoms with van der Waals surface area (Å²) < 4.78 is 17.4. The van der Waals surface area contributed by atoms with Crippen molar-refractivity contribution in [1.82, 2.24) is 4.90 Å². The number of carbonyl (C=O) groups excluding carboxylic acids is 1. The van der Waals surface area contributed by atoms with Crippen molar-refractivity contribution in [3.05, 3.63) is 117 Å². The Labute approximate surface area is 266 Å². The van der Waals surface area contributed by atoms with E-state index in [2.05, 4.69) is 70.4 Å². The molecular formula is C36H46N2O7. The second kappa shape index (κ2) is 15.5. The molecule has 9 nitrogen and oxygen atoms in total. The van der Waals surface area contributed by atoms with E-state index in [9.17, 15) is 14.9 Å². The Kier molecular flexibility index (Phi) is 11.7. The SMILES string of the molecule is COC(CCCN1CCC(C(OC)(c2ccccc2)c2ccccc2)CC1)c1ccc(C(C)(C)C(=O)OC(C)O[N+](=O)[O-])cc1. The molecule has 1 aliphatic heterocycles. The third-order valence-corrected chi connectivity index (χ3v) is 9.14. The van der Waals surface area contributed by atoms with Gasteiger partial charge in [0.05, 0.1) is 11.5 Å². The molecule has 1 fully saturated rings. The lowest BCUT2D eigenvalue weighted by Gasteiger charge is -2.45. The number of esters is 1. The number of nitrogens with zero attached hydrogens (tertiary/aromatic N) is 2. The van der Waals surface area contributed by atoms with Gasteiger partial charge in [0, 0.05) is 14.2 Å². The van der Waals surface area contributed by atoms with Crippen LogP contribution in [0.3, 0.4) is 0 Å². The lowest BCUT2D eigenvalue weighted by molar-refractivity contribution is -0.777. The molecule has 0 saturated carbocycles. The molecule has 9 heteroatoms. The van der Waals surface area contributed by atoms with Crippen LogP contribution in [0.4, 0.5) is 0 Å². The van der Waals surface area contributed by atoms with E-state index in [0.29, 0.717) is 5.92 Å². The molecule has 3 aromatic carbocycles. The molecule has 0 aliphatic carbocycles. The Morgan fingerprint density at radius 3 is 1.96 bits per heavy atom. The highest BCUT2D eigenvalue weighted by atomic mass is 17.0. The molecule has 0 radical (unpaired) electrons. The summed E-state index contributed by atoms with van der Waals surface area (Å²) in [6.07, 6.45) is 2.59.